The number of benzene rings is 1. The van der Waals surface area contributed by atoms with Crippen LogP contribution < -0.4 is 9.46 Å². The van der Waals surface area contributed by atoms with E-state index in [4.69, 9.17) is 4.74 Å². The predicted molar refractivity (Wildman–Crippen MR) is 73.8 cm³/mol. The zero-order valence-corrected chi connectivity index (χ0v) is 11.5. The van der Waals surface area contributed by atoms with Gasteiger partial charge in [0.2, 0.25) is 0 Å². The van der Waals surface area contributed by atoms with Gasteiger partial charge in [0.1, 0.15) is 23.7 Å². The van der Waals surface area contributed by atoms with Gasteiger partial charge in [-0.1, -0.05) is 0 Å². The van der Waals surface area contributed by atoms with Gasteiger partial charge in [-0.05, 0) is 43.5 Å². The summed E-state index contributed by atoms with van der Waals surface area (Å²) < 4.78 is 22.2. The smallest absolute Gasteiger partial charge is 0.142 e. The highest BCUT2D eigenvalue weighted by atomic mass is 32.2. The van der Waals surface area contributed by atoms with E-state index in [0.29, 0.717) is 23.1 Å². The molecule has 0 aliphatic rings. The molecule has 0 radical (unpaired) electrons. The molecule has 19 heavy (non-hydrogen) atoms. The molecular formula is C13H14FN3OS. The van der Waals surface area contributed by atoms with Gasteiger partial charge in [0.05, 0.1) is 11.5 Å². The predicted octanol–water partition coefficient (Wildman–Crippen LogP) is 3.44. The Bertz CT molecular complexity index is 551. The number of aryl methyl sites for hydroxylation is 1. The lowest BCUT2D eigenvalue weighted by molar-refractivity contribution is 0.335. The van der Waals surface area contributed by atoms with Crippen LogP contribution in [0, 0.1) is 12.7 Å². The molecule has 0 spiro atoms. The van der Waals surface area contributed by atoms with Crippen molar-refractivity contribution in [2.24, 2.45) is 0 Å². The first-order valence-electron chi connectivity index (χ1n) is 5.82. The molecule has 4 nitrogen and oxygen atoms in total. The summed E-state index contributed by atoms with van der Waals surface area (Å²) in [4.78, 5) is 8.32. The topological polar surface area (TPSA) is 47.0 Å². The lowest BCUT2D eigenvalue weighted by Crippen LogP contribution is -1.97. The number of ether oxygens (including phenoxy) is 1. The summed E-state index contributed by atoms with van der Waals surface area (Å²) >= 11 is 1.17. The normalized spacial score (nSPS) is 10.3. The van der Waals surface area contributed by atoms with Gasteiger partial charge in [-0.25, -0.2) is 14.4 Å². The fourth-order valence-electron chi connectivity index (χ4n) is 1.48. The van der Waals surface area contributed by atoms with E-state index in [1.165, 1.54) is 24.3 Å². The molecule has 0 saturated heterocycles. The zero-order valence-electron chi connectivity index (χ0n) is 10.7. The minimum absolute atomic E-state index is 0.319. The van der Waals surface area contributed by atoms with Crippen LogP contribution in [-0.2, 0) is 0 Å². The second kappa shape index (κ2) is 6.38. The van der Waals surface area contributed by atoms with Crippen LogP contribution in [0.25, 0.3) is 0 Å². The van der Waals surface area contributed by atoms with Crippen molar-refractivity contribution in [2.75, 3.05) is 11.3 Å². The van der Waals surface area contributed by atoms with Gasteiger partial charge in [-0.15, -0.1) is 0 Å². The Kier molecular flexibility index (Phi) is 4.57. The van der Waals surface area contributed by atoms with Gasteiger partial charge in [0, 0.05) is 12.3 Å². The molecule has 2 aromatic rings. The van der Waals surface area contributed by atoms with Gasteiger partial charge in [-0.3, -0.25) is 0 Å². The quantitative estimate of drug-likeness (QED) is 0.849. The Balaban J connectivity index is 2.10. The van der Waals surface area contributed by atoms with Gasteiger partial charge < -0.3 is 9.46 Å². The molecule has 0 unspecified atom stereocenters. The first-order chi connectivity index (χ1) is 9.20. The third kappa shape index (κ3) is 3.57. The van der Waals surface area contributed by atoms with E-state index in [9.17, 15) is 4.39 Å². The Morgan fingerprint density at radius 1 is 1.42 bits per heavy atom. The highest BCUT2D eigenvalue weighted by Gasteiger charge is 2.09. The molecule has 6 heteroatoms. The number of nitrogens with zero attached hydrogens (tertiary/aromatic N) is 2. The molecule has 0 saturated carbocycles. The molecule has 0 aliphatic carbocycles. The third-order valence-corrected chi connectivity index (χ3v) is 3.22. The summed E-state index contributed by atoms with van der Waals surface area (Å²) in [5.41, 5.74) is 0.898. The third-order valence-electron chi connectivity index (χ3n) is 2.38. The number of hydrogen-bond acceptors (Lipinski definition) is 5. The average molecular weight is 279 g/mol. The highest BCUT2D eigenvalue weighted by molar-refractivity contribution is 8.00. The van der Waals surface area contributed by atoms with Gasteiger partial charge in [0.25, 0.3) is 0 Å². The van der Waals surface area contributed by atoms with E-state index in [-0.39, 0.29) is 5.82 Å². The monoisotopic (exact) mass is 279 g/mol. The van der Waals surface area contributed by atoms with Crippen molar-refractivity contribution in [3.05, 3.63) is 42.1 Å². The van der Waals surface area contributed by atoms with Crippen LogP contribution >= 0.6 is 11.9 Å². The molecule has 100 valence electrons. The van der Waals surface area contributed by atoms with Crippen molar-refractivity contribution in [3.63, 3.8) is 0 Å². The molecule has 0 aliphatic heterocycles. The van der Waals surface area contributed by atoms with Crippen LogP contribution in [0.5, 0.6) is 5.75 Å². The standard InChI is InChI=1S/C13H14FN3OS/c1-3-18-11-7-10(14)12(6-9(11)2)19-17-13-4-5-15-8-16-13/h4-8H,3H2,1-2H3,(H,15,16,17). The molecule has 1 aromatic carbocycles. The van der Waals surface area contributed by atoms with Crippen molar-refractivity contribution >= 4 is 17.8 Å². The summed E-state index contributed by atoms with van der Waals surface area (Å²) in [6.07, 6.45) is 3.05. The van der Waals surface area contributed by atoms with Crippen molar-refractivity contribution in [1.29, 1.82) is 0 Å². The maximum absolute atomic E-state index is 13.9. The van der Waals surface area contributed by atoms with Crippen molar-refractivity contribution in [2.45, 2.75) is 18.7 Å². The molecule has 0 bridgehead atoms. The summed E-state index contributed by atoms with van der Waals surface area (Å²) in [5.74, 6) is 0.887. The number of halogens is 1. The van der Waals surface area contributed by atoms with Gasteiger partial charge in [0.15, 0.2) is 0 Å². The second-order valence-electron chi connectivity index (χ2n) is 3.78. The summed E-state index contributed by atoms with van der Waals surface area (Å²) in [7, 11) is 0. The van der Waals surface area contributed by atoms with Crippen LogP contribution in [0.2, 0.25) is 0 Å². The summed E-state index contributed by atoms with van der Waals surface area (Å²) in [5, 5.41) is 0. The largest absolute Gasteiger partial charge is 0.493 e. The molecular weight excluding hydrogens is 265 g/mol. The lowest BCUT2D eigenvalue weighted by Gasteiger charge is -2.10. The molecule has 1 heterocycles. The van der Waals surface area contributed by atoms with E-state index in [0.717, 1.165) is 5.56 Å². The van der Waals surface area contributed by atoms with Crippen LogP contribution in [-0.4, -0.2) is 16.6 Å². The highest BCUT2D eigenvalue weighted by Crippen LogP contribution is 2.29. The maximum atomic E-state index is 13.9. The second-order valence-corrected chi connectivity index (χ2v) is 4.63. The van der Waals surface area contributed by atoms with E-state index < -0.39 is 0 Å². The number of aromatic nitrogens is 2. The van der Waals surface area contributed by atoms with Crippen molar-refractivity contribution in [1.82, 2.24) is 9.97 Å². The van der Waals surface area contributed by atoms with E-state index in [1.807, 2.05) is 13.8 Å². The zero-order chi connectivity index (χ0) is 13.7. The van der Waals surface area contributed by atoms with Crippen LogP contribution in [0.1, 0.15) is 12.5 Å². The Morgan fingerprint density at radius 2 is 2.26 bits per heavy atom. The SMILES string of the molecule is CCOc1cc(F)c(SNc2ccncn2)cc1C. The Morgan fingerprint density at radius 3 is 2.95 bits per heavy atom. The minimum atomic E-state index is -0.319. The fourth-order valence-corrected chi connectivity index (χ4v) is 2.21. The number of rotatable bonds is 5. The first-order valence-corrected chi connectivity index (χ1v) is 6.64. The van der Waals surface area contributed by atoms with Crippen LogP contribution in [0.4, 0.5) is 10.2 Å². The molecule has 2 rings (SSSR count). The van der Waals surface area contributed by atoms with Gasteiger partial charge in [-0.2, -0.15) is 0 Å². The summed E-state index contributed by atoms with van der Waals surface area (Å²) in [6.45, 7) is 4.28. The molecule has 0 atom stereocenters. The number of hydrogen-bond donors (Lipinski definition) is 1. The fraction of sp³-hybridized carbons (Fsp3) is 0.231. The van der Waals surface area contributed by atoms with E-state index in [2.05, 4.69) is 14.7 Å². The molecule has 1 aromatic heterocycles. The lowest BCUT2D eigenvalue weighted by atomic mass is 10.2. The Hall–Kier alpha value is -1.82. The molecule has 0 fully saturated rings. The van der Waals surface area contributed by atoms with Gasteiger partial charge >= 0.3 is 0 Å². The van der Waals surface area contributed by atoms with Crippen LogP contribution in [0.15, 0.2) is 35.6 Å². The van der Waals surface area contributed by atoms with Crippen molar-refractivity contribution < 1.29 is 9.13 Å². The number of nitrogens with one attached hydrogen (secondary N) is 1. The number of anilines is 1. The first kappa shape index (κ1) is 13.6. The Labute approximate surface area is 115 Å². The van der Waals surface area contributed by atoms with E-state index in [1.54, 1.807) is 18.3 Å². The summed E-state index contributed by atoms with van der Waals surface area (Å²) in [6, 6.07) is 4.87. The molecule has 1 N–H and O–H groups in total. The van der Waals surface area contributed by atoms with Crippen LogP contribution in [0.3, 0.4) is 0 Å². The average Bonchev–Trinajstić information content (AvgIpc) is 2.42. The maximum Gasteiger partial charge on any atom is 0.142 e. The molecule has 0 amide bonds. The van der Waals surface area contributed by atoms with Crippen molar-refractivity contribution in [3.8, 4) is 5.75 Å². The van der Waals surface area contributed by atoms with E-state index >= 15 is 0 Å². The minimum Gasteiger partial charge on any atom is -0.493 e.